The third-order valence-corrected chi connectivity index (χ3v) is 3.15. The van der Waals surface area contributed by atoms with Crippen molar-refractivity contribution in [2.24, 2.45) is 0 Å². The molecule has 0 aliphatic rings. The second kappa shape index (κ2) is 6.05. The van der Waals surface area contributed by atoms with Crippen molar-refractivity contribution in [1.29, 1.82) is 0 Å². The lowest BCUT2D eigenvalue weighted by Gasteiger charge is -2.10. The Hall–Kier alpha value is -1.88. The fourth-order valence-corrected chi connectivity index (χ4v) is 1.89. The zero-order valence-corrected chi connectivity index (χ0v) is 11.3. The summed E-state index contributed by atoms with van der Waals surface area (Å²) in [6.07, 6.45) is -4.30. The molecule has 0 saturated heterocycles. The van der Waals surface area contributed by atoms with Gasteiger partial charge in [0.05, 0.1) is 5.56 Å². The van der Waals surface area contributed by atoms with E-state index in [1.54, 1.807) is 0 Å². The van der Waals surface area contributed by atoms with Gasteiger partial charge in [-0.1, -0.05) is 54.7 Å². The first-order chi connectivity index (χ1) is 9.47. The molecule has 0 aromatic heterocycles. The minimum absolute atomic E-state index is 0.395. The minimum Gasteiger partial charge on any atom is -0.372 e. The SMILES string of the molecule is FC(F)(F)c1ccc(CNC(=S)c2ccccc2)cc1. The van der Waals surface area contributed by atoms with E-state index in [2.05, 4.69) is 5.32 Å². The van der Waals surface area contributed by atoms with Gasteiger partial charge in [-0.2, -0.15) is 13.2 Å². The summed E-state index contributed by atoms with van der Waals surface area (Å²) < 4.78 is 37.3. The first kappa shape index (κ1) is 14.5. The number of rotatable bonds is 3. The molecule has 0 fully saturated rings. The van der Waals surface area contributed by atoms with Crippen LogP contribution in [0.5, 0.6) is 0 Å². The topological polar surface area (TPSA) is 12.0 Å². The first-order valence-corrected chi connectivity index (χ1v) is 6.37. The summed E-state index contributed by atoms with van der Waals surface area (Å²) in [5.41, 5.74) is 0.984. The molecular formula is C15H12F3NS. The van der Waals surface area contributed by atoms with Crippen LogP contribution in [-0.4, -0.2) is 4.99 Å². The van der Waals surface area contributed by atoms with E-state index in [9.17, 15) is 13.2 Å². The number of thiocarbonyl (C=S) groups is 1. The van der Waals surface area contributed by atoms with Gasteiger partial charge in [0.2, 0.25) is 0 Å². The summed E-state index contributed by atoms with van der Waals surface area (Å²) in [5, 5.41) is 3.02. The summed E-state index contributed by atoms with van der Waals surface area (Å²) in [5.74, 6) is 0. The van der Waals surface area contributed by atoms with Gasteiger partial charge in [-0.25, -0.2) is 0 Å². The maximum atomic E-state index is 12.4. The molecule has 0 radical (unpaired) electrons. The van der Waals surface area contributed by atoms with Gasteiger partial charge in [0.1, 0.15) is 4.99 Å². The van der Waals surface area contributed by atoms with Crippen molar-refractivity contribution in [2.45, 2.75) is 12.7 Å². The fourth-order valence-electron chi connectivity index (χ4n) is 1.69. The lowest BCUT2D eigenvalue weighted by Crippen LogP contribution is -2.21. The monoisotopic (exact) mass is 295 g/mol. The second-order valence-electron chi connectivity index (χ2n) is 4.24. The molecule has 0 saturated carbocycles. The highest BCUT2D eigenvalue weighted by atomic mass is 32.1. The third kappa shape index (κ3) is 3.81. The van der Waals surface area contributed by atoms with Gasteiger partial charge in [-0.3, -0.25) is 0 Å². The predicted octanol–water partition coefficient (Wildman–Crippen LogP) is 4.17. The van der Waals surface area contributed by atoms with Crippen LogP contribution in [-0.2, 0) is 12.7 Å². The number of hydrogen-bond donors (Lipinski definition) is 1. The van der Waals surface area contributed by atoms with Crippen LogP contribution in [0.2, 0.25) is 0 Å². The normalized spacial score (nSPS) is 11.2. The molecule has 0 amide bonds. The minimum atomic E-state index is -4.30. The number of benzene rings is 2. The Morgan fingerprint density at radius 3 is 2.10 bits per heavy atom. The van der Waals surface area contributed by atoms with Crippen molar-refractivity contribution in [3.8, 4) is 0 Å². The van der Waals surface area contributed by atoms with Gasteiger partial charge in [0.15, 0.2) is 0 Å². The number of nitrogens with one attached hydrogen (secondary N) is 1. The standard InChI is InChI=1S/C15H12F3NS/c16-15(17,18)13-8-6-11(7-9-13)10-19-14(20)12-4-2-1-3-5-12/h1-9H,10H2,(H,19,20). The lowest BCUT2D eigenvalue weighted by atomic mass is 10.1. The molecule has 0 heterocycles. The number of hydrogen-bond acceptors (Lipinski definition) is 1. The van der Waals surface area contributed by atoms with Crippen LogP contribution in [0, 0.1) is 0 Å². The highest BCUT2D eigenvalue weighted by Gasteiger charge is 2.29. The van der Waals surface area contributed by atoms with Crippen LogP contribution in [0.4, 0.5) is 13.2 Å². The lowest BCUT2D eigenvalue weighted by molar-refractivity contribution is -0.137. The van der Waals surface area contributed by atoms with Crippen molar-refractivity contribution >= 4 is 17.2 Å². The molecule has 0 bridgehead atoms. The van der Waals surface area contributed by atoms with Gasteiger partial charge in [-0.05, 0) is 17.7 Å². The Morgan fingerprint density at radius 1 is 0.950 bits per heavy atom. The summed E-state index contributed by atoms with van der Waals surface area (Å²) >= 11 is 5.21. The van der Waals surface area contributed by atoms with E-state index in [0.29, 0.717) is 11.5 Å². The van der Waals surface area contributed by atoms with Crippen molar-refractivity contribution < 1.29 is 13.2 Å². The van der Waals surface area contributed by atoms with Crippen LogP contribution in [0.25, 0.3) is 0 Å². The fraction of sp³-hybridized carbons (Fsp3) is 0.133. The van der Waals surface area contributed by atoms with E-state index in [1.165, 1.54) is 12.1 Å². The molecule has 1 nitrogen and oxygen atoms in total. The number of halogens is 3. The van der Waals surface area contributed by atoms with Gasteiger partial charge in [0, 0.05) is 12.1 Å². The van der Waals surface area contributed by atoms with Crippen LogP contribution in [0.3, 0.4) is 0 Å². The van der Waals surface area contributed by atoms with Crippen molar-refractivity contribution in [3.05, 3.63) is 71.3 Å². The molecule has 0 aliphatic heterocycles. The Balaban J connectivity index is 1.96. The van der Waals surface area contributed by atoms with Crippen LogP contribution >= 0.6 is 12.2 Å². The van der Waals surface area contributed by atoms with Crippen LogP contribution < -0.4 is 5.32 Å². The van der Waals surface area contributed by atoms with E-state index < -0.39 is 11.7 Å². The van der Waals surface area contributed by atoms with Crippen molar-refractivity contribution in [2.75, 3.05) is 0 Å². The van der Waals surface area contributed by atoms with E-state index >= 15 is 0 Å². The first-order valence-electron chi connectivity index (χ1n) is 5.96. The van der Waals surface area contributed by atoms with E-state index in [-0.39, 0.29) is 0 Å². The Bertz CT molecular complexity index is 576. The zero-order valence-electron chi connectivity index (χ0n) is 10.4. The van der Waals surface area contributed by atoms with Gasteiger partial charge in [0.25, 0.3) is 0 Å². The molecule has 2 rings (SSSR count). The predicted molar refractivity (Wildman–Crippen MR) is 76.4 cm³/mol. The van der Waals surface area contributed by atoms with Crippen molar-refractivity contribution in [1.82, 2.24) is 5.32 Å². The van der Waals surface area contributed by atoms with Gasteiger partial charge < -0.3 is 5.32 Å². The maximum Gasteiger partial charge on any atom is 0.416 e. The van der Waals surface area contributed by atoms with Crippen LogP contribution in [0.15, 0.2) is 54.6 Å². The molecule has 1 N–H and O–H groups in total. The molecule has 104 valence electrons. The van der Waals surface area contributed by atoms with Crippen molar-refractivity contribution in [3.63, 3.8) is 0 Å². The molecule has 0 spiro atoms. The quantitative estimate of drug-likeness (QED) is 0.853. The second-order valence-corrected chi connectivity index (χ2v) is 4.65. The van der Waals surface area contributed by atoms with E-state index in [4.69, 9.17) is 12.2 Å². The highest BCUT2D eigenvalue weighted by molar-refractivity contribution is 7.80. The summed E-state index contributed by atoms with van der Waals surface area (Å²) in [4.78, 5) is 0.575. The molecule has 2 aromatic carbocycles. The Morgan fingerprint density at radius 2 is 1.55 bits per heavy atom. The van der Waals surface area contributed by atoms with Gasteiger partial charge >= 0.3 is 6.18 Å². The molecule has 0 unspecified atom stereocenters. The smallest absolute Gasteiger partial charge is 0.372 e. The highest BCUT2D eigenvalue weighted by Crippen LogP contribution is 2.29. The van der Waals surface area contributed by atoms with E-state index in [0.717, 1.165) is 23.3 Å². The van der Waals surface area contributed by atoms with Gasteiger partial charge in [-0.15, -0.1) is 0 Å². The summed E-state index contributed by atoms with van der Waals surface area (Å²) in [6.45, 7) is 0.395. The average molecular weight is 295 g/mol. The molecular weight excluding hydrogens is 283 g/mol. The molecule has 2 aromatic rings. The van der Waals surface area contributed by atoms with Crippen LogP contribution in [0.1, 0.15) is 16.7 Å². The van der Waals surface area contributed by atoms with E-state index in [1.807, 2.05) is 30.3 Å². The molecule has 5 heteroatoms. The largest absolute Gasteiger partial charge is 0.416 e. The summed E-state index contributed by atoms with van der Waals surface area (Å²) in [6, 6.07) is 14.4. The molecule has 0 aliphatic carbocycles. The Labute approximate surface area is 120 Å². The molecule has 20 heavy (non-hydrogen) atoms. The average Bonchev–Trinajstić information content (AvgIpc) is 2.45. The number of alkyl halides is 3. The zero-order chi connectivity index (χ0) is 14.6. The third-order valence-electron chi connectivity index (χ3n) is 2.77. The summed E-state index contributed by atoms with van der Waals surface area (Å²) in [7, 11) is 0. The maximum absolute atomic E-state index is 12.4. The Kier molecular flexibility index (Phi) is 4.39. The molecule has 0 atom stereocenters.